The molecule has 16 heavy (non-hydrogen) atoms. The van der Waals surface area contributed by atoms with Crippen LogP contribution in [0.2, 0.25) is 0 Å². The predicted molar refractivity (Wildman–Crippen MR) is 73.9 cm³/mol. The molecule has 2 atom stereocenters. The van der Waals surface area contributed by atoms with Gasteiger partial charge < -0.3 is 10.2 Å². The Morgan fingerprint density at radius 3 is 1.81 bits per heavy atom. The van der Waals surface area contributed by atoms with E-state index in [4.69, 9.17) is 0 Å². The minimum absolute atomic E-state index is 0.216. The van der Waals surface area contributed by atoms with E-state index in [1.165, 1.54) is 12.8 Å². The summed E-state index contributed by atoms with van der Waals surface area (Å²) in [6.45, 7) is 15.0. The molecule has 0 aromatic carbocycles. The van der Waals surface area contributed by atoms with Crippen LogP contribution < -0.4 is 5.32 Å². The fourth-order valence-electron chi connectivity index (χ4n) is 2.53. The van der Waals surface area contributed by atoms with Crippen LogP contribution in [0, 0.1) is 5.41 Å². The molecule has 2 heteroatoms. The molecule has 1 N–H and O–H groups in total. The van der Waals surface area contributed by atoms with E-state index in [0.717, 1.165) is 6.54 Å². The highest BCUT2D eigenvalue weighted by Crippen LogP contribution is 2.33. The summed E-state index contributed by atoms with van der Waals surface area (Å²) in [5.74, 6) is 0. The predicted octanol–water partition coefficient (Wildman–Crippen LogP) is 3.13. The fourth-order valence-corrected chi connectivity index (χ4v) is 2.53. The molecule has 0 aromatic heterocycles. The normalized spacial score (nSPS) is 18.6. The molecule has 2 nitrogen and oxygen atoms in total. The van der Waals surface area contributed by atoms with Crippen LogP contribution >= 0.6 is 0 Å². The molecular formula is C14H32N2. The SMILES string of the molecule is CCCNC(C(C)(C)C)C(C)(CC)N(C)C. The van der Waals surface area contributed by atoms with Gasteiger partial charge in [-0.3, -0.25) is 0 Å². The second-order valence-corrected chi connectivity index (χ2v) is 6.36. The van der Waals surface area contributed by atoms with Crippen molar-refractivity contribution in [1.82, 2.24) is 10.2 Å². The van der Waals surface area contributed by atoms with E-state index in [-0.39, 0.29) is 11.0 Å². The molecular weight excluding hydrogens is 196 g/mol. The Kier molecular flexibility index (Phi) is 5.99. The van der Waals surface area contributed by atoms with Gasteiger partial charge >= 0.3 is 0 Å². The molecule has 0 heterocycles. The highest BCUT2D eigenvalue weighted by atomic mass is 15.2. The van der Waals surface area contributed by atoms with Crippen molar-refractivity contribution in [2.75, 3.05) is 20.6 Å². The number of likely N-dealkylation sites (N-methyl/N-ethyl adjacent to an activating group) is 1. The first kappa shape index (κ1) is 15.9. The molecule has 0 rings (SSSR count). The summed E-state index contributed by atoms with van der Waals surface area (Å²) in [6.07, 6.45) is 2.36. The summed E-state index contributed by atoms with van der Waals surface area (Å²) < 4.78 is 0. The maximum atomic E-state index is 3.74. The highest BCUT2D eigenvalue weighted by Gasteiger charge is 2.41. The topological polar surface area (TPSA) is 15.3 Å². The molecule has 0 aliphatic heterocycles. The molecule has 0 aliphatic carbocycles. The second-order valence-electron chi connectivity index (χ2n) is 6.36. The van der Waals surface area contributed by atoms with Crippen LogP contribution in [-0.4, -0.2) is 37.1 Å². The summed E-state index contributed by atoms with van der Waals surface area (Å²) in [5, 5.41) is 3.74. The second kappa shape index (κ2) is 6.02. The maximum Gasteiger partial charge on any atom is 0.0330 e. The zero-order valence-electron chi connectivity index (χ0n) is 12.6. The van der Waals surface area contributed by atoms with E-state index in [2.05, 4.69) is 65.9 Å². The quantitative estimate of drug-likeness (QED) is 0.751. The third kappa shape index (κ3) is 3.74. The van der Waals surface area contributed by atoms with Crippen molar-refractivity contribution < 1.29 is 0 Å². The number of nitrogens with one attached hydrogen (secondary N) is 1. The van der Waals surface area contributed by atoms with E-state index in [1.54, 1.807) is 0 Å². The zero-order chi connectivity index (χ0) is 13.0. The smallest absolute Gasteiger partial charge is 0.0330 e. The maximum absolute atomic E-state index is 3.74. The van der Waals surface area contributed by atoms with Gasteiger partial charge in [0.25, 0.3) is 0 Å². The molecule has 0 fully saturated rings. The number of rotatable bonds is 6. The molecule has 0 spiro atoms. The van der Waals surface area contributed by atoms with Crippen molar-refractivity contribution in [2.24, 2.45) is 5.41 Å². The van der Waals surface area contributed by atoms with Gasteiger partial charge in [0.15, 0.2) is 0 Å². The number of nitrogens with zero attached hydrogens (tertiary/aromatic N) is 1. The lowest BCUT2D eigenvalue weighted by Gasteiger charge is -2.49. The van der Waals surface area contributed by atoms with Crippen LogP contribution in [0.3, 0.4) is 0 Å². The van der Waals surface area contributed by atoms with Crippen LogP contribution in [0.25, 0.3) is 0 Å². The van der Waals surface area contributed by atoms with Gasteiger partial charge in [0.2, 0.25) is 0 Å². The van der Waals surface area contributed by atoms with Crippen molar-refractivity contribution in [2.45, 2.75) is 66.0 Å². The van der Waals surface area contributed by atoms with Crippen molar-refractivity contribution in [3.05, 3.63) is 0 Å². The Morgan fingerprint density at radius 1 is 1.06 bits per heavy atom. The first-order chi connectivity index (χ1) is 7.20. The van der Waals surface area contributed by atoms with Crippen molar-refractivity contribution in [1.29, 1.82) is 0 Å². The van der Waals surface area contributed by atoms with E-state index >= 15 is 0 Å². The molecule has 0 amide bonds. The lowest BCUT2D eigenvalue weighted by Crippen LogP contribution is -2.62. The first-order valence-corrected chi connectivity index (χ1v) is 6.61. The van der Waals surface area contributed by atoms with Gasteiger partial charge in [-0.25, -0.2) is 0 Å². The van der Waals surface area contributed by atoms with Crippen molar-refractivity contribution in [3.63, 3.8) is 0 Å². The Morgan fingerprint density at radius 2 is 1.56 bits per heavy atom. The first-order valence-electron chi connectivity index (χ1n) is 6.61. The molecule has 2 unspecified atom stereocenters. The standard InChI is InChI=1S/C14H32N2/c1-9-11-15-12(13(3,4)5)14(6,10-2)16(7)8/h12,15H,9-11H2,1-8H3. The Labute approximate surface area is 103 Å². The average Bonchev–Trinajstić information content (AvgIpc) is 2.15. The van der Waals surface area contributed by atoms with Crippen molar-refractivity contribution >= 4 is 0 Å². The molecule has 0 bridgehead atoms. The Bertz CT molecular complexity index is 193. The summed E-state index contributed by atoms with van der Waals surface area (Å²) in [6, 6.07) is 0.514. The number of hydrogen-bond donors (Lipinski definition) is 1. The van der Waals surface area contributed by atoms with E-state index in [1.807, 2.05) is 0 Å². The van der Waals surface area contributed by atoms with Crippen LogP contribution in [0.4, 0.5) is 0 Å². The van der Waals surface area contributed by atoms with Gasteiger partial charge in [-0.2, -0.15) is 0 Å². The van der Waals surface area contributed by atoms with Crippen molar-refractivity contribution in [3.8, 4) is 0 Å². The molecule has 0 saturated heterocycles. The third-order valence-corrected chi connectivity index (χ3v) is 3.82. The largest absolute Gasteiger partial charge is 0.312 e. The summed E-state index contributed by atoms with van der Waals surface area (Å²) in [5.41, 5.74) is 0.498. The molecule has 0 radical (unpaired) electrons. The van der Waals surface area contributed by atoms with Gasteiger partial charge in [0.1, 0.15) is 0 Å². The fraction of sp³-hybridized carbons (Fsp3) is 1.00. The van der Waals surface area contributed by atoms with Gasteiger partial charge in [-0.1, -0.05) is 34.6 Å². The van der Waals surface area contributed by atoms with E-state index in [0.29, 0.717) is 6.04 Å². The third-order valence-electron chi connectivity index (χ3n) is 3.82. The Balaban J connectivity index is 4.98. The minimum atomic E-state index is 0.216. The van der Waals surface area contributed by atoms with Crippen LogP contribution in [0.1, 0.15) is 54.4 Å². The zero-order valence-corrected chi connectivity index (χ0v) is 12.6. The monoisotopic (exact) mass is 228 g/mol. The molecule has 98 valence electrons. The Hall–Kier alpha value is -0.0800. The van der Waals surface area contributed by atoms with Crippen LogP contribution in [0.5, 0.6) is 0 Å². The van der Waals surface area contributed by atoms with E-state index in [9.17, 15) is 0 Å². The van der Waals surface area contributed by atoms with Crippen LogP contribution in [0.15, 0.2) is 0 Å². The van der Waals surface area contributed by atoms with Gasteiger partial charge in [0.05, 0.1) is 0 Å². The van der Waals surface area contributed by atoms with Gasteiger partial charge in [-0.05, 0) is 45.8 Å². The van der Waals surface area contributed by atoms with Gasteiger partial charge in [-0.15, -0.1) is 0 Å². The number of hydrogen-bond acceptors (Lipinski definition) is 2. The summed E-state index contributed by atoms with van der Waals surface area (Å²) in [4.78, 5) is 2.37. The summed E-state index contributed by atoms with van der Waals surface area (Å²) >= 11 is 0. The summed E-state index contributed by atoms with van der Waals surface area (Å²) in [7, 11) is 4.38. The molecule has 0 saturated carbocycles. The van der Waals surface area contributed by atoms with Gasteiger partial charge in [0, 0.05) is 11.6 Å². The molecule has 0 aromatic rings. The lowest BCUT2D eigenvalue weighted by molar-refractivity contribution is 0.0542. The highest BCUT2D eigenvalue weighted by molar-refractivity contribution is 5.00. The average molecular weight is 228 g/mol. The lowest BCUT2D eigenvalue weighted by atomic mass is 9.73. The van der Waals surface area contributed by atoms with E-state index < -0.39 is 0 Å². The van der Waals surface area contributed by atoms with Crippen LogP contribution in [-0.2, 0) is 0 Å². The molecule has 0 aliphatic rings. The minimum Gasteiger partial charge on any atom is -0.312 e.